The molecule has 0 heterocycles. The Morgan fingerprint density at radius 2 is 2.00 bits per heavy atom. The van der Waals surface area contributed by atoms with Gasteiger partial charge in [0.05, 0.1) is 0 Å². The number of likely N-dealkylation sites (N-methyl/N-ethyl adjacent to an activating group) is 1. The molecule has 1 aliphatic carbocycles. The molecular weight excluding hydrogens is 220 g/mol. The Morgan fingerprint density at radius 1 is 1.33 bits per heavy atom. The number of hydrogen-bond acceptors (Lipinski definition) is 2. The van der Waals surface area contributed by atoms with E-state index >= 15 is 0 Å². The highest BCUT2D eigenvalue weighted by Crippen LogP contribution is 2.24. The largest absolute Gasteiger partial charge is 0.398 e. The van der Waals surface area contributed by atoms with E-state index in [9.17, 15) is 0 Å². The van der Waals surface area contributed by atoms with E-state index in [1.165, 1.54) is 11.1 Å². The van der Waals surface area contributed by atoms with E-state index in [0.29, 0.717) is 5.92 Å². The van der Waals surface area contributed by atoms with Crippen molar-refractivity contribution in [1.82, 2.24) is 5.32 Å². The summed E-state index contributed by atoms with van der Waals surface area (Å²) in [6.45, 7) is 8.47. The molecule has 0 aromatic heterocycles. The van der Waals surface area contributed by atoms with Gasteiger partial charge in [0.2, 0.25) is 0 Å². The van der Waals surface area contributed by atoms with Gasteiger partial charge in [-0.05, 0) is 38.3 Å². The molecule has 2 nitrogen and oxygen atoms in total. The van der Waals surface area contributed by atoms with Crippen LogP contribution in [0.4, 0.5) is 0 Å². The van der Waals surface area contributed by atoms with Crippen LogP contribution in [0.15, 0.2) is 58.5 Å². The predicted molar refractivity (Wildman–Crippen MR) is 79.8 cm³/mol. The first-order valence-corrected chi connectivity index (χ1v) is 6.35. The topological polar surface area (TPSA) is 38.0 Å². The summed E-state index contributed by atoms with van der Waals surface area (Å²) in [6, 6.07) is 0. The normalized spacial score (nSPS) is 19.8. The van der Waals surface area contributed by atoms with E-state index < -0.39 is 0 Å². The highest BCUT2D eigenvalue weighted by atomic mass is 14.8. The van der Waals surface area contributed by atoms with Crippen LogP contribution in [0.25, 0.3) is 0 Å². The maximum absolute atomic E-state index is 6.23. The molecule has 0 saturated heterocycles. The molecule has 1 atom stereocenters. The average Bonchev–Trinajstić information content (AvgIpc) is 2.49. The zero-order valence-electron chi connectivity index (χ0n) is 12.0. The minimum atomic E-state index is 0.423. The van der Waals surface area contributed by atoms with Crippen LogP contribution in [-0.4, -0.2) is 7.05 Å². The second-order valence-corrected chi connectivity index (χ2v) is 4.89. The molecule has 0 radical (unpaired) electrons. The number of rotatable bonds is 3. The Balaban J connectivity index is 3.18. The van der Waals surface area contributed by atoms with Crippen LogP contribution in [0.2, 0.25) is 0 Å². The molecule has 1 aliphatic rings. The first-order chi connectivity index (χ1) is 8.47. The molecule has 0 spiro atoms. The van der Waals surface area contributed by atoms with Crippen molar-refractivity contribution in [2.24, 2.45) is 11.7 Å². The van der Waals surface area contributed by atoms with Gasteiger partial charge in [0, 0.05) is 18.4 Å². The number of nitrogens with two attached hydrogens (primary N) is 1. The minimum absolute atomic E-state index is 0.423. The van der Waals surface area contributed by atoms with Crippen molar-refractivity contribution in [3.8, 4) is 0 Å². The Bertz CT molecular complexity index is 455. The minimum Gasteiger partial charge on any atom is -0.398 e. The molecule has 0 aliphatic heterocycles. The van der Waals surface area contributed by atoms with E-state index in [4.69, 9.17) is 5.73 Å². The molecule has 0 saturated carbocycles. The van der Waals surface area contributed by atoms with Crippen molar-refractivity contribution in [3.63, 3.8) is 0 Å². The first-order valence-electron chi connectivity index (χ1n) is 6.35. The molecule has 1 unspecified atom stereocenters. The van der Waals surface area contributed by atoms with Crippen LogP contribution < -0.4 is 11.1 Å². The van der Waals surface area contributed by atoms with Crippen molar-refractivity contribution >= 4 is 0 Å². The summed E-state index contributed by atoms with van der Waals surface area (Å²) in [5.74, 6) is 0.423. The van der Waals surface area contributed by atoms with Gasteiger partial charge in [-0.1, -0.05) is 42.4 Å². The Hall–Kier alpha value is -1.70. The monoisotopic (exact) mass is 244 g/mol. The van der Waals surface area contributed by atoms with Gasteiger partial charge in [0.15, 0.2) is 0 Å². The van der Waals surface area contributed by atoms with Crippen LogP contribution in [0.1, 0.15) is 27.7 Å². The summed E-state index contributed by atoms with van der Waals surface area (Å²) >= 11 is 0. The van der Waals surface area contributed by atoms with Crippen molar-refractivity contribution in [2.75, 3.05) is 7.05 Å². The van der Waals surface area contributed by atoms with Gasteiger partial charge < -0.3 is 11.1 Å². The van der Waals surface area contributed by atoms with E-state index in [2.05, 4.69) is 51.2 Å². The molecule has 18 heavy (non-hydrogen) atoms. The summed E-state index contributed by atoms with van der Waals surface area (Å²) in [7, 11) is 1.92. The molecule has 3 N–H and O–H groups in total. The molecular formula is C16H24N2. The highest BCUT2D eigenvalue weighted by molar-refractivity contribution is 5.47. The Kier molecular flexibility index (Phi) is 5.02. The van der Waals surface area contributed by atoms with Crippen LogP contribution in [0, 0.1) is 5.92 Å². The maximum atomic E-state index is 6.23. The molecule has 98 valence electrons. The molecule has 0 fully saturated rings. The smallest absolute Gasteiger partial charge is 0.0407 e. The molecule has 0 aromatic carbocycles. The third-order valence-electron chi connectivity index (χ3n) is 3.30. The summed E-state index contributed by atoms with van der Waals surface area (Å²) in [5, 5.41) is 3.17. The van der Waals surface area contributed by atoms with E-state index in [1.807, 2.05) is 19.2 Å². The van der Waals surface area contributed by atoms with Crippen molar-refractivity contribution < 1.29 is 0 Å². The summed E-state index contributed by atoms with van der Waals surface area (Å²) in [5.41, 5.74) is 11.8. The van der Waals surface area contributed by atoms with E-state index in [1.54, 1.807) is 0 Å². The fraction of sp³-hybridized carbons (Fsp3) is 0.375. The number of nitrogens with one attached hydrogen (secondary N) is 1. The van der Waals surface area contributed by atoms with Gasteiger partial charge in [-0.2, -0.15) is 0 Å². The van der Waals surface area contributed by atoms with Gasteiger partial charge in [-0.25, -0.2) is 0 Å². The predicted octanol–water partition coefficient (Wildman–Crippen LogP) is 3.42. The van der Waals surface area contributed by atoms with Crippen LogP contribution in [0.3, 0.4) is 0 Å². The van der Waals surface area contributed by atoms with Crippen LogP contribution in [0.5, 0.6) is 0 Å². The lowest BCUT2D eigenvalue weighted by atomic mass is 9.96. The Morgan fingerprint density at radius 3 is 2.56 bits per heavy atom. The molecule has 2 heteroatoms. The first kappa shape index (κ1) is 14.4. The summed E-state index contributed by atoms with van der Waals surface area (Å²) < 4.78 is 0. The SMILES string of the molecule is CNC(/C=C(\N)C1=C(C)C(C)C=CC=C1)=C(C)C. The lowest BCUT2D eigenvalue weighted by molar-refractivity contribution is 0.854. The van der Waals surface area contributed by atoms with Gasteiger partial charge in [0.1, 0.15) is 0 Å². The van der Waals surface area contributed by atoms with Crippen molar-refractivity contribution in [1.29, 1.82) is 0 Å². The third-order valence-corrected chi connectivity index (χ3v) is 3.30. The van der Waals surface area contributed by atoms with Crippen molar-refractivity contribution in [3.05, 3.63) is 58.5 Å². The second-order valence-electron chi connectivity index (χ2n) is 4.89. The zero-order valence-corrected chi connectivity index (χ0v) is 12.0. The number of allylic oxidation sites excluding steroid dienone is 7. The van der Waals surface area contributed by atoms with Gasteiger partial charge in [0.25, 0.3) is 0 Å². The molecule has 0 amide bonds. The highest BCUT2D eigenvalue weighted by Gasteiger charge is 2.10. The van der Waals surface area contributed by atoms with Gasteiger partial charge >= 0.3 is 0 Å². The lowest BCUT2D eigenvalue weighted by Gasteiger charge is -2.13. The molecule has 0 aromatic rings. The molecule has 1 rings (SSSR count). The van der Waals surface area contributed by atoms with Gasteiger partial charge in [-0.3, -0.25) is 0 Å². The van der Waals surface area contributed by atoms with Crippen LogP contribution >= 0.6 is 0 Å². The number of hydrogen-bond donors (Lipinski definition) is 2. The third kappa shape index (κ3) is 3.39. The van der Waals surface area contributed by atoms with Gasteiger partial charge in [-0.15, -0.1) is 0 Å². The molecule has 0 bridgehead atoms. The fourth-order valence-corrected chi connectivity index (χ4v) is 1.93. The fourth-order valence-electron chi connectivity index (χ4n) is 1.93. The summed E-state index contributed by atoms with van der Waals surface area (Å²) in [6.07, 6.45) is 10.4. The zero-order chi connectivity index (χ0) is 13.7. The van der Waals surface area contributed by atoms with E-state index in [-0.39, 0.29) is 0 Å². The second kappa shape index (κ2) is 6.29. The Labute approximate surface area is 111 Å². The maximum Gasteiger partial charge on any atom is 0.0407 e. The quantitative estimate of drug-likeness (QED) is 0.747. The standard InChI is InChI=1S/C16H24N2/c1-11(2)16(18-5)10-15(17)14-9-7-6-8-12(3)13(14)4/h6-10,12,18H,17H2,1-5H3/b15-10-. The summed E-state index contributed by atoms with van der Waals surface area (Å²) in [4.78, 5) is 0. The van der Waals surface area contributed by atoms with Crippen molar-refractivity contribution in [2.45, 2.75) is 27.7 Å². The average molecular weight is 244 g/mol. The lowest BCUT2D eigenvalue weighted by Crippen LogP contribution is -2.10. The van der Waals surface area contributed by atoms with Crippen LogP contribution in [-0.2, 0) is 0 Å². The van der Waals surface area contributed by atoms with E-state index in [0.717, 1.165) is 17.0 Å².